The van der Waals surface area contributed by atoms with E-state index in [0.29, 0.717) is 12.1 Å². The molecule has 0 aliphatic heterocycles. The number of anilines is 2. The van der Waals surface area contributed by atoms with Gasteiger partial charge in [0.2, 0.25) is 5.91 Å². The van der Waals surface area contributed by atoms with Crippen molar-refractivity contribution < 1.29 is 24.2 Å². The molecule has 3 aromatic carbocycles. The van der Waals surface area contributed by atoms with E-state index in [1.807, 2.05) is 30.3 Å². The molecule has 0 fully saturated rings. The number of hydrogen-bond acceptors (Lipinski definition) is 4. The molecule has 3 N–H and O–H groups in total. The minimum Gasteiger partial charge on any atom is -0.478 e. The summed E-state index contributed by atoms with van der Waals surface area (Å²) in [6.07, 6.45) is 0.219. The van der Waals surface area contributed by atoms with Gasteiger partial charge in [0, 0.05) is 12.1 Å². The highest BCUT2D eigenvalue weighted by atomic mass is 16.6. The minimum absolute atomic E-state index is 0.0577. The molecule has 3 aromatic rings. The number of aryl methyl sites for hydroxylation is 1. The SMILES string of the molecule is CC(C)(C)OC(=O)Nc1ccc2cc(CCC(=O)Nc3ccccc3C(=O)O)ccc2c1. The van der Waals surface area contributed by atoms with E-state index in [1.165, 1.54) is 6.07 Å². The molecule has 0 unspecified atom stereocenters. The second kappa shape index (κ2) is 9.51. The van der Waals surface area contributed by atoms with Crippen LogP contribution in [0.3, 0.4) is 0 Å². The molecule has 0 aromatic heterocycles. The molecule has 0 aliphatic carbocycles. The first-order valence-corrected chi connectivity index (χ1v) is 10.3. The Hall–Kier alpha value is -3.87. The molecule has 0 saturated heterocycles. The standard InChI is InChI=1S/C25H26N2O5/c1-25(2,3)32-24(31)26-19-12-11-17-14-16(8-10-18(17)15-19)9-13-22(28)27-21-7-5-4-6-20(21)23(29)30/h4-8,10-12,14-15H,9,13H2,1-3H3,(H,26,31)(H,27,28)(H,29,30). The summed E-state index contributed by atoms with van der Waals surface area (Å²) in [4.78, 5) is 35.5. The highest BCUT2D eigenvalue weighted by molar-refractivity contribution is 6.00. The van der Waals surface area contributed by atoms with Crippen LogP contribution >= 0.6 is 0 Å². The number of benzene rings is 3. The summed E-state index contributed by atoms with van der Waals surface area (Å²) >= 11 is 0. The molecule has 7 heteroatoms. The lowest BCUT2D eigenvalue weighted by Gasteiger charge is -2.19. The Morgan fingerprint density at radius 1 is 0.906 bits per heavy atom. The topological polar surface area (TPSA) is 105 Å². The molecule has 0 bridgehead atoms. The summed E-state index contributed by atoms with van der Waals surface area (Å²) in [7, 11) is 0. The predicted molar refractivity (Wildman–Crippen MR) is 124 cm³/mol. The maximum Gasteiger partial charge on any atom is 0.412 e. The Balaban J connectivity index is 1.62. The number of carbonyl (C=O) groups excluding carboxylic acids is 2. The first-order chi connectivity index (χ1) is 15.1. The fourth-order valence-electron chi connectivity index (χ4n) is 3.20. The molecule has 3 rings (SSSR count). The molecule has 2 amide bonds. The molecular weight excluding hydrogens is 408 g/mol. The Morgan fingerprint density at radius 2 is 1.59 bits per heavy atom. The number of carbonyl (C=O) groups is 3. The van der Waals surface area contributed by atoms with E-state index in [4.69, 9.17) is 4.74 Å². The summed E-state index contributed by atoms with van der Waals surface area (Å²) in [5.74, 6) is -1.34. The van der Waals surface area contributed by atoms with Crippen molar-refractivity contribution in [1.29, 1.82) is 0 Å². The van der Waals surface area contributed by atoms with Gasteiger partial charge in [0.15, 0.2) is 0 Å². The summed E-state index contributed by atoms with van der Waals surface area (Å²) in [6.45, 7) is 5.42. The van der Waals surface area contributed by atoms with Gasteiger partial charge in [-0.3, -0.25) is 10.1 Å². The van der Waals surface area contributed by atoms with E-state index >= 15 is 0 Å². The average molecular weight is 434 g/mol. The smallest absolute Gasteiger partial charge is 0.412 e. The molecule has 0 spiro atoms. The molecule has 0 radical (unpaired) electrons. The minimum atomic E-state index is -1.09. The van der Waals surface area contributed by atoms with Crippen LogP contribution in [0.1, 0.15) is 43.1 Å². The molecule has 0 aliphatic rings. The summed E-state index contributed by atoms with van der Waals surface area (Å²) in [6, 6.07) is 17.7. The summed E-state index contributed by atoms with van der Waals surface area (Å²) < 4.78 is 5.27. The molecular formula is C25H26N2O5. The number of nitrogens with one attached hydrogen (secondary N) is 2. The lowest BCUT2D eigenvalue weighted by Crippen LogP contribution is -2.27. The number of hydrogen-bond donors (Lipinski definition) is 3. The van der Waals surface area contributed by atoms with Crippen LogP contribution in [-0.2, 0) is 16.0 Å². The van der Waals surface area contributed by atoms with Crippen molar-refractivity contribution in [2.24, 2.45) is 0 Å². The Bertz CT molecular complexity index is 1160. The van der Waals surface area contributed by atoms with Gasteiger partial charge in [-0.25, -0.2) is 9.59 Å². The molecule has 7 nitrogen and oxygen atoms in total. The van der Waals surface area contributed by atoms with Crippen LogP contribution in [0.15, 0.2) is 60.7 Å². The molecule has 166 valence electrons. The van der Waals surface area contributed by atoms with E-state index in [1.54, 1.807) is 45.0 Å². The van der Waals surface area contributed by atoms with E-state index in [9.17, 15) is 19.5 Å². The lowest BCUT2D eigenvalue weighted by atomic mass is 10.0. The first-order valence-electron chi connectivity index (χ1n) is 10.3. The molecule has 0 saturated carbocycles. The van der Waals surface area contributed by atoms with Crippen LogP contribution in [-0.4, -0.2) is 28.7 Å². The monoisotopic (exact) mass is 434 g/mol. The normalized spacial score (nSPS) is 11.1. The van der Waals surface area contributed by atoms with Crippen molar-refractivity contribution in [2.75, 3.05) is 10.6 Å². The van der Waals surface area contributed by atoms with Crippen molar-refractivity contribution in [3.05, 3.63) is 71.8 Å². The van der Waals surface area contributed by atoms with Crippen LogP contribution in [0.5, 0.6) is 0 Å². The Labute approximate surface area is 186 Å². The largest absolute Gasteiger partial charge is 0.478 e. The van der Waals surface area contributed by atoms with Gasteiger partial charge >= 0.3 is 12.1 Å². The zero-order chi connectivity index (χ0) is 23.3. The van der Waals surface area contributed by atoms with Gasteiger partial charge in [0.05, 0.1) is 11.3 Å². The predicted octanol–water partition coefficient (Wildman–Crippen LogP) is 5.46. The fraction of sp³-hybridized carbons (Fsp3) is 0.240. The van der Waals surface area contributed by atoms with Gasteiger partial charge in [-0.05, 0) is 67.8 Å². The van der Waals surface area contributed by atoms with Crippen molar-refractivity contribution in [1.82, 2.24) is 0 Å². The Morgan fingerprint density at radius 3 is 2.31 bits per heavy atom. The van der Waals surface area contributed by atoms with E-state index in [0.717, 1.165) is 16.3 Å². The summed E-state index contributed by atoms with van der Waals surface area (Å²) in [5.41, 5.74) is 1.39. The van der Waals surface area contributed by atoms with Crippen LogP contribution < -0.4 is 10.6 Å². The van der Waals surface area contributed by atoms with Crippen LogP contribution in [0, 0.1) is 0 Å². The quantitative estimate of drug-likeness (QED) is 0.478. The zero-order valence-corrected chi connectivity index (χ0v) is 18.3. The van der Waals surface area contributed by atoms with E-state index < -0.39 is 17.7 Å². The summed E-state index contributed by atoms with van der Waals surface area (Å²) in [5, 5.41) is 16.5. The number of rotatable bonds is 6. The van der Waals surface area contributed by atoms with E-state index in [2.05, 4.69) is 10.6 Å². The molecule has 32 heavy (non-hydrogen) atoms. The van der Waals surface area contributed by atoms with Gasteiger partial charge in [0.25, 0.3) is 0 Å². The highest BCUT2D eigenvalue weighted by Gasteiger charge is 2.16. The maximum absolute atomic E-state index is 12.3. The van der Waals surface area contributed by atoms with Crippen molar-refractivity contribution in [2.45, 2.75) is 39.2 Å². The van der Waals surface area contributed by atoms with Crippen molar-refractivity contribution in [3.8, 4) is 0 Å². The van der Waals surface area contributed by atoms with Crippen molar-refractivity contribution >= 4 is 40.1 Å². The van der Waals surface area contributed by atoms with E-state index in [-0.39, 0.29) is 23.6 Å². The molecule has 0 atom stereocenters. The second-order valence-corrected chi connectivity index (χ2v) is 8.42. The van der Waals surface area contributed by atoms with Crippen LogP contribution in [0.4, 0.5) is 16.2 Å². The van der Waals surface area contributed by atoms with Gasteiger partial charge < -0.3 is 15.2 Å². The average Bonchev–Trinajstić information content (AvgIpc) is 2.71. The number of ether oxygens (including phenoxy) is 1. The van der Waals surface area contributed by atoms with Gasteiger partial charge in [0.1, 0.15) is 5.60 Å². The fourth-order valence-corrected chi connectivity index (χ4v) is 3.20. The third kappa shape index (κ3) is 6.31. The number of amides is 2. The van der Waals surface area contributed by atoms with Crippen LogP contribution in [0.2, 0.25) is 0 Å². The second-order valence-electron chi connectivity index (χ2n) is 8.42. The third-order valence-electron chi connectivity index (χ3n) is 4.62. The van der Waals surface area contributed by atoms with Gasteiger partial charge in [-0.2, -0.15) is 0 Å². The Kier molecular flexibility index (Phi) is 6.78. The van der Waals surface area contributed by atoms with Crippen molar-refractivity contribution in [3.63, 3.8) is 0 Å². The lowest BCUT2D eigenvalue weighted by molar-refractivity contribution is -0.116. The number of para-hydroxylation sites is 1. The molecule has 0 heterocycles. The first kappa shape index (κ1) is 22.8. The number of aromatic carboxylic acids is 1. The van der Waals surface area contributed by atoms with Gasteiger partial charge in [-0.15, -0.1) is 0 Å². The number of fused-ring (bicyclic) bond motifs is 1. The van der Waals surface area contributed by atoms with Crippen LogP contribution in [0.25, 0.3) is 10.8 Å². The number of carboxylic acids is 1. The maximum atomic E-state index is 12.3. The number of carboxylic acid groups (broad SMARTS) is 1. The van der Waals surface area contributed by atoms with Gasteiger partial charge in [-0.1, -0.05) is 36.4 Å². The highest BCUT2D eigenvalue weighted by Crippen LogP contribution is 2.22. The third-order valence-corrected chi connectivity index (χ3v) is 4.62. The zero-order valence-electron chi connectivity index (χ0n) is 18.3.